The molecule has 1 saturated heterocycles. The van der Waals surface area contributed by atoms with Gasteiger partial charge in [-0.2, -0.15) is 0 Å². The van der Waals surface area contributed by atoms with E-state index < -0.39 is 5.60 Å². The van der Waals surface area contributed by atoms with Crippen molar-refractivity contribution in [3.63, 3.8) is 0 Å². The maximum atomic E-state index is 12.6. The highest BCUT2D eigenvalue weighted by Gasteiger charge is 2.38. The minimum Gasteiger partial charge on any atom is -0.444 e. The van der Waals surface area contributed by atoms with Crippen molar-refractivity contribution in [1.29, 1.82) is 0 Å². The predicted molar refractivity (Wildman–Crippen MR) is 113 cm³/mol. The summed E-state index contributed by atoms with van der Waals surface area (Å²) in [6, 6.07) is 21.8. The Hall–Kier alpha value is -2.33. The lowest BCUT2D eigenvalue weighted by molar-refractivity contribution is -0.0159. The van der Waals surface area contributed by atoms with Crippen LogP contribution in [0.15, 0.2) is 60.7 Å². The smallest absolute Gasteiger partial charge is 0.410 e. The first kappa shape index (κ1) is 20.4. The largest absolute Gasteiger partial charge is 0.444 e. The number of hydrogen-bond donors (Lipinski definition) is 0. The Morgan fingerprint density at radius 2 is 1.32 bits per heavy atom. The van der Waals surface area contributed by atoms with Crippen LogP contribution in [0.5, 0.6) is 0 Å². The van der Waals surface area contributed by atoms with E-state index in [4.69, 9.17) is 4.74 Å². The summed E-state index contributed by atoms with van der Waals surface area (Å²) in [6.45, 7) is 11.5. The normalized spacial score (nSPS) is 21.0. The highest BCUT2D eigenvalue weighted by Crippen LogP contribution is 2.34. The van der Waals surface area contributed by atoms with Crippen molar-refractivity contribution in [2.45, 2.75) is 58.3 Å². The van der Waals surface area contributed by atoms with Gasteiger partial charge in [0, 0.05) is 25.2 Å². The standard InChI is InChI=1S/C24H32N2O2/c1-18-16-25(23(27)28-24(3,4)5)17-19(2)26(18)22(20-12-8-6-9-13-20)21-14-10-7-11-15-21/h6-15,18-19,22H,16-17H2,1-5H3/t18-,19+. The third kappa shape index (κ3) is 4.74. The number of amides is 1. The maximum Gasteiger partial charge on any atom is 0.410 e. The summed E-state index contributed by atoms with van der Waals surface area (Å²) in [7, 11) is 0. The molecule has 150 valence electrons. The van der Waals surface area contributed by atoms with Crippen LogP contribution >= 0.6 is 0 Å². The molecule has 0 bridgehead atoms. The van der Waals surface area contributed by atoms with E-state index in [1.807, 2.05) is 25.7 Å². The number of nitrogens with zero attached hydrogens (tertiary/aromatic N) is 2. The van der Waals surface area contributed by atoms with Crippen molar-refractivity contribution < 1.29 is 9.53 Å². The Morgan fingerprint density at radius 1 is 0.893 bits per heavy atom. The van der Waals surface area contributed by atoms with E-state index in [9.17, 15) is 4.79 Å². The van der Waals surface area contributed by atoms with Crippen molar-refractivity contribution in [2.24, 2.45) is 0 Å². The number of hydrogen-bond acceptors (Lipinski definition) is 3. The molecule has 1 aliphatic heterocycles. The summed E-state index contributed by atoms with van der Waals surface area (Å²) >= 11 is 0. The second-order valence-corrected chi connectivity index (χ2v) is 8.75. The fourth-order valence-corrected chi connectivity index (χ4v) is 4.13. The van der Waals surface area contributed by atoms with Crippen molar-refractivity contribution in [3.05, 3.63) is 71.8 Å². The van der Waals surface area contributed by atoms with E-state index in [1.165, 1.54) is 11.1 Å². The monoisotopic (exact) mass is 380 g/mol. The van der Waals surface area contributed by atoms with Crippen LogP contribution in [0.1, 0.15) is 51.8 Å². The van der Waals surface area contributed by atoms with Gasteiger partial charge in [0.15, 0.2) is 0 Å². The van der Waals surface area contributed by atoms with Gasteiger partial charge in [-0.3, -0.25) is 4.90 Å². The Morgan fingerprint density at radius 3 is 1.71 bits per heavy atom. The SMILES string of the molecule is C[C@@H]1CN(C(=O)OC(C)(C)C)C[C@H](C)N1C(c1ccccc1)c1ccccc1. The molecule has 28 heavy (non-hydrogen) atoms. The molecule has 1 amide bonds. The Balaban J connectivity index is 1.87. The third-order valence-electron chi connectivity index (χ3n) is 5.17. The number of piperazine rings is 1. The molecule has 1 aliphatic rings. The molecule has 0 N–H and O–H groups in total. The van der Waals surface area contributed by atoms with Crippen LogP contribution in [0.3, 0.4) is 0 Å². The van der Waals surface area contributed by atoms with Gasteiger partial charge in [-0.25, -0.2) is 4.79 Å². The van der Waals surface area contributed by atoms with Crippen LogP contribution < -0.4 is 0 Å². The van der Waals surface area contributed by atoms with E-state index in [0.717, 1.165) is 0 Å². The second kappa shape index (κ2) is 8.36. The van der Waals surface area contributed by atoms with Crippen molar-refractivity contribution in [2.75, 3.05) is 13.1 Å². The molecular weight excluding hydrogens is 348 g/mol. The first-order chi connectivity index (χ1) is 13.3. The lowest BCUT2D eigenvalue weighted by Crippen LogP contribution is -2.59. The number of carbonyl (C=O) groups is 1. The van der Waals surface area contributed by atoms with Gasteiger partial charge in [0.25, 0.3) is 0 Å². The van der Waals surface area contributed by atoms with Gasteiger partial charge in [-0.1, -0.05) is 60.7 Å². The molecule has 4 heteroatoms. The Kier molecular flexibility index (Phi) is 6.09. The number of rotatable bonds is 3. The third-order valence-corrected chi connectivity index (χ3v) is 5.17. The molecule has 0 aliphatic carbocycles. The maximum absolute atomic E-state index is 12.6. The second-order valence-electron chi connectivity index (χ2n) is 8.75. The summed E-state index contributed by atoms with van der Waals surface area (Å²) in [5.41, 5.74) is 2.08. The lowest BCUT2D eigenvalue weighted by Gasteiger charge is -2.48. The average molecular weight is 381 g/mol. The highest BCUT2D eigenvalue weighted by atomic mass is 16.6. The Bertz CT molecular complexity index is 719. The topological polar surface area (TPSA) is 32.8 Å². The summed E-state index contributed by atoms with van der Waals surface area (Å²) in [6.07, 6.45) is -0.221. The van der Waals surface area contributed by atoms with E-state index in [-0.39, 0.29) is 24.2 Å². The zero-order valence-corrected chi connectivity index (χ0v) is 17.6. The summed E-state index contributed by atoms with van der Waals surface area (Å²) < 4.78 is 5.61. The van der Waals surface area contributed by atoms with E-state index in [0.29, 0.717) is 13.1 Å². The molecule has 2 atom stereocenters. The van der Waals surface area contributed by atoms with E-state index in [2.05, 4.69) is 79.4 Å². The summed E-state index contributed by atoms with van der Waals surface area (Å²) in [4.78, 5) is 17.0. The molecule has 0 unspecified atom stereocenters. The quantitative estimate of drug-likeness (QED) is 0.742. The number of ether oxygens (including phenoxy) is 1. The molecule has 2 aromatic rings. The first-order valence-electron chi connectivity index (χ1n) is 10.1. The highest BCUT2D eigenvalue weighted by molar-refractivity contribution is 5.68. The summed E-state index contributed by atoms with van der Waals surface area (Å²) in [5, 5.41) is 0. The average Bonchev–Trinajstić information content (AvgIpc) is 2.64. The van der Waals surface area contributed by atoms with E-state index >= 15 is 0 Å². The van der Waals surface area contributed by atoms with Crippen LogP contribution in [0.4, 0.5) is 4.79 Å². The zero-order chi connectivity index (χ0) is 20.3. The molecular formula is C24H32N2O2. The van der Waals surface area contributed by atoms with Gasteiger partial charge in [-0.15, -0.1) is 0 Å². The number of carbonyl (C=O) groups excluding carboxylic acids is 1. The van der Waals surface area contributed by atoms with Gasteiger partial charge in [0.1, 0.15) is 5.60 Å². The first-order valence-corrected chi connectivity index (χ1v) is 10.1. The lowest BCUT2D eigenvalue weighted by atomic mass is 9.93. The fraction of sp³-hybridized carbons (Fsp3) is 0.458. The molecule has 2 aromatic carbocycles. The van der Waals surface area contributed by atoms with Gasteiger partial charge in [0.2, 0.25) is 0 Å². The molecule has 1 fully saturated rings. The van der Waals surface area contributed by atoms with Gasteiger partial charge in [0.05, 0.1) is 6.04 Å². The van der Waals surface area contributed by atoms with Crippen LogP contribution in [0, 0.1) is 0 Å². The minimum absolute atomic E-state index is 0.160. The van der Waals surface area contributed by atoms with Crippen LogP contribution in [0.2, 0.25) is 0 Å². The number of benzene rings is 2. The van der Waals surface area contributed by atoms with Crippen LogP contribution in [-0.4, -0.2) is 46.7 Å². The molecule has 4 nitrogen and oxygen atoms in total. The molecule has 3 rings (SSSR count). The predicted octanol–water partition coefficient (Wildman–Crippen LogP) is 5.11. The van der Waals surface area contributed by atoms with Crippen LogP contribution in [-0.2, 0) is 4.74 Å². The van der Waals surface area contributed by atoms with Crippen molar-refractivity contribution in [3.8, 4) is 0 Å². The molecule has 0 spiro atoms. The van der Waals surface area contributed by atoms with Gasteiger partial charge >= 0.3 is 6.09 Å². The van der Waals surface area contributed by atoms with Crippen LogP contribution in [0.25, 0.3) is 0 Å². The molecule has 0 saturated carbocycles. The minimum atomic E-state index is -0.475. The zero-order valence-electron chi connectivity index (χ0n) is 17.6. The Labute approximate surface area is 169 Å². The van der Waals surface area contributed by atoms with E-state index in [1.54, 1.807) is 0 Å². The fourth-order valence-electron chi connectivity index (χ4n) is 4.13. The molecule has 1 heterocycles. The summed E-state index contributed by atoms with van der Waals surface area (Å²) in [5.74, 6) is 0. The van der Waals surface area contributed by atoms with Gasteiger partial charge in [-0.05, 0) is 45.7 Å². The molecule has 0 aromatic heterocycles. The van der Waals surface area contributed by atoms with Crippen molar-refractivity contribution in [1.82, 2.24) is 9.80 Å². The van der Waals surface area contributed by atoms with Crippen molar-refractivity contribution >= 4 is 6.09 Å². The molecule has 0 radical (unpaired) electrons. The van der Waals surface area contributed by atoms with Gasteiger partial charge < -0.3 is 9.64 Å².